The second kappa shape index (κ2) is 5.48. The van der Waals surface area contributed by atoms with Gasteiger partial charge in [0, 0.05) is 25.7 Å². The van der Waals surface area contributed by atoms with Gasteiger partial charge in [0.2, 0.25) is 0 Å². The second-order valence-electron chi connectivity index (χ2n) is 5.19. The Morgan fingerprint density at radius 2 is 2.05 bits per heavy atom. The molecule has 1 heterocycles. The number of hydrogen-bond acceptors (Lipinski definition) is 4. The smallest absolute Gasteiger partial charge is 0.296 e. The molecule has 0 aliphatic carbocycles. The van der Waals surface area contributed by atoms with Crippen molar-refractivity contribution in [3.63, 3.8) is 0 Å². The van der Waals surface area contributed by atoms with E-state index in [4.69, 9.17) is 0 Å². The number of rotatable bonds is 3. The summed E-state index contributed by atoms with van der Waals surface area (Å²) in [6.45, 7) is 6.55. The maximum absolute atomic E-state index is 11.4. The summed E-state index contributed by atoms with van der Waals surface area (Å²) in [7, 11) is -4.18. The van der Waals surface area contributed by atoms with E-state index in [1.807, 2.05) is 4.90 Å². The Kier molecular flexibility index (Phi) is 4.13. The first-order valence-electron chi connectivity index (χ1n) is 6.44. The minimum Gasteiger partial charge on any atom is -0.368 e. The third kappa shape index (κ3) is 3.26. The number of para-hydroxylation sites is 1. The summed E-state index contributed by atoms with van der Waals surface area (Å²) in [4.78, 5) is 2.00. The zero-order valence-electron chi connectivity index (χ0n) is 11.2. The zero-order chi connectivity index (χ0) is 14.0. The van der Waals surface area contributed by atoms with Crippen LogP contribution >= 0.6 is 0 Å². The van der Waals surface area contributed by atoms with Crippen molar-refractivity contribution >= 4 is 15.8 Å². The molecule has 1 aliphatic heterocycles. The lowest BCUT2D eigenvalue weighted by Gasteiger charge is -2.37. The molecule has 0 saturated carbocycles. The molecule has 1 fully saturated rings. The summed E-state index contributed by atoms with van der Waals surface area (Å²) >= 11 is 0. The Morgan fingerprint density at radius 1 is 1.37 bits per heavy atom. The van der Waals surface area contributed by atoms with Crippen LogP contribution in [0.2, 0.25) is 0 Å². The van der Waals surface area contributed by atoms with Gasteiger partial charge in [-0.1, -0.05) is 26.0 Å². The van der Waals surface area contributed by atoms with E-state index in [1.54, 1.807) is 18.2 Å². The van der Waals surface area contributed by atoms with Gasteiger partial charge in [0.05, 0.1) is 5.69 Å². The minimum absolute atomic E-state index is 0.0144. The van der Waals surface area contributed by atoms with Crippen LogP contribution in [0.1, 0.15) is 13.8 Å². The van der Waals surface area contributed by atoms with Gasteiger partial charge < -0.3 is 10.2 Å². The summed E-state index contributed by atoms with van der Waals surface area (Å²) in [5.74, 6) is 0.473. The highest BCUT2D eigenvalue weighted by Crippen LogP contribution is 2.26. The van der Waals surface area contributed by atoms with Crippen LogP contribution in [0.25, 0.3) is 0 Å². The largest absolute Gasteiger partial charge is 0.368 e. The summed E-state index contributed by atoms with van der Waals surface area (Å²) in [6.07, 6.45) is 0. The van der Waals surface area contributed by atoms with Gasteiger partial charge in [0.25, 0.3) is 10.1 Å². The van der Waals surface area contributed by atoms with E-state index in [0.29, 0.717) is 17.6 Å². The fourth-order valence-corrected chi connectivity index (χ4v) is 3.09. The van der Waals surface area contributed by atoms with Crippen LogP contribution in [0, 0.1) is 5.92 Å². The van der Waals surface area contributed by atoms with Gasteiger partial charge in [-0.3, -0.25) is 4.55 Å². The first-order chi connectivity index (χ1) is 8.89. The molecule has 106 valence electrons. The monoisotopic (exact) mass is 284 g/mol. The summed E-state index contributed by atoms with van der Waals surface area (Å²) in [6, 6.07) is 6.91. The lowest BCUT2D eigenvalue weighted by molar-refractivity contribution is 0.367. The molecule has 0 bridgehead atoms. The maximum Gasteiger partial charge on any atom is 0.296 e. The average molecular weight is 284 g/mol. The Morgan fingerprint density at radius 3 is 2.68 bits per heavy atom. The number of nitrogens with one attached hydrogen (secondary N) is 1. The number of benzene rings is 1. The predicted octanol–water partition coefficient (Wildman–Crippen LogP) is 1.37. The molecule has 1 aromatic carbocycles. The molecule has 2 N–H and O–H groups in total. The van der Waals surface area contributed by atoms with Crippen molar-refractivity contribution in [2.75, 3.05) is 24.5 Å². The predicted molar refractivity (Wildman–Crippen MR) is 75.1 cm³/mol. The van der Waals surface area contributed by atoms with Crippen molar-refractivity contribution in [3.05, 3.63) is 24.3 Å². The zero-order valence-corrected chi connectivity index (χ0v) is 12.0. The molecule has 2 rings (SSSR count). The Balaban J connectivity index is 2.32. The van der Waals surface area contributed by atoms with E-state index in [1.165, 1.54) is 6.07 Å². The topological polar surface area (TPSA) is 69.6 Å². The molecule has 0 aromatic heterocycles. The molecule has 1 saturated heterocycles. The first-order valence-corrected chi connectivity index (χ1v) is 7.88. The van der Waals surface area contributed by atoms with Crippen LogP contribution in [-0.4, -0.2) is 38.6 Å². The molecule has 0 radical (unpaired) electrons. The molecule has 0 spiro atoms. The highest BCUT2D eigenvalue weighted by atomic mass is 32.2. The number of nitrogens with zero attached hydrogens (tertiary/aromatic N) is 1. The SMILES string of the molecule is CC(C)C1CN(c2ccccc2S(=O)(=O)O)CCN1. The third-order valence-electron chi connectivity index (χ3n) is 3.49. The van der Waals surface area contributed by atoms with E-state index >= 15 is 0 Å². The fraction of sp³-hybridized carbons (Fsp3) is 0.538. The lowest BCUT2D eigenvalue weighted by Crippen LogP contribution is -2.53. The Hall–Kier alpha value is -1.11. The fourth-order valence-electron chi connectivity index (χ4n) is 2.38. The first kappa shape index (κ1) is 14.3. The summed E-state index contributed by atoms with van der Waals surface area (Å²) in [5.41, 5.74) is 0.581. The van der Waals surface area contributed by atoms with E-state index in [0.717, 1.165) is 19.6 Å². The highest BCUT2D eigenvalue weighted by molar-refractivity contribution is 7.86. The van der Waals surface area contributed by atoms with Crippen LogP contribution in [0.15, 0.2) is 29.2 Å². The van der Waals surface area contributed by atoms with Gasteiger partial charge >= 0.3 is 0 Å². The third-order valence-corrected chi connectivity index (χ3v) is 4.39. The molecule has 0 amide bonds. The van der Waals surface area contributed by atoms with Gasteiger partial charge in [-0.2, -0.15) is 8.42 Å². The summed E-state index contributed by atoms with van der Waals surface area (Å²) < 4.78 is 32.2. The normalized spacial score (nSPS) is 20.8. The van der Waals surface area contributed by atoms with E-state index in [-0.39, 0.29) is 4.90 Å². The molecule has 1 aromatic rings. The number of hydrogen-bond donors (Lipinski definition) is 2. The van der Waals surface area contributed by atoms with Gasteiger partial charge in [-0.05, 0) is 18.1 Å². The lowest BCUT2D eigenvalue weighted by atomic mass is 10.0. The van der Waals surface area contributed by atoms with Gasteiger partial charge in [-0.25, -0.2) is 0 Å². The van der Waals surface area contributed by atoms with Crippen molar-refractivity contribution in [3.8, 4) is 0 Å². The van der Waals surface area contributed by atoms with Gasteiger partial charge in [-0.15, -0.1) is 0 Å². The average Bonchev–Trinajstić information content (AvgIpc) is 2.38. The quantitative estimate of drug-likeness (QED) is 0.820. The summed E-state index contributed by atoms with van der Waals surface area (Å²) in [5, 5.41) is 3.42. The molecular weight excluding hydrogens is 264 g/mol. The van der Waals surface area contributed by atoms with Gasteiger partial charge in [0.15, 0.2) is 0 Å². The van der Waals surface area contributed by atoms with Crippen molar-refractivity contribution in [1.82, 2.24) is 5.32 Å². The van der Waals surface area contributed by atoms with Crippen LogP contribution in [0.4, 0.5) is 5.69 Å². The highest BCUT2D eigenvalue weighted by Gasteiger charge is 2.25. The molecule has 6 heteroatoms. The molecule has 1 atom stereocenters. The van der Waals surface area contributed by atoms with E-state index in [9.17, 15) is 13.0 Å². The molecule has 19 heavy (non-hydrogen) atoms. The van der Waals surface area contributed by atoms with Crippen molar-refractivity contribution in [2.24, 2.45) is 5.92 Å². The standard InChI is InChI=1S/C13H20N2O3S/c1-10(2)11-9-15(8-7-14-11)12-5-3-4-6-13(12)19(16,17)18/h3-6,10-11,14H,7-9H2,1-2H3,(H,16,17,18). The van der Waals surface area contributed by atoms with E-state index in [2.05, 4.69) is 19.2 Å². The number of piperazine rings is 1. The Bertz CT molecular complexity index is 543. The van der Waals surface area contributed by atoms with Crippen LogP contribution in [0.5, 0.6) is 0 Å². The van der Waals surface area contributed by atoms with Crippen molar-refractivity contribution < 1.29 is 13.0 Å². The Labute approximate surface area is 114 Å². The van der Waals surface area contributed by atoms with Crippen LogP contribution in [0.3, 0.4) is 0 Å². The molecule has 5 nitrogen and oxygen atoms in total. The molecule has 1 aliphatic rings. The second-order valence-corrected chi connectivity index (χ2v) is 6.58. The van der Waals surface area contributed by atoms with Crippen LogP contribution in [-0.2, 0) is 10.1 Å². The number of anilines is 1. The minimum atomic E-state index is -4.18. The van der Waals surface area contributed by atoms with E-state index < -0.39 is 10.1 Å². The van der Waals surface area contributed by atoms with Crippen LogP contribution < -0.4 is 10.2 Å². The van der Waals surface area contributed by atoms with Crippen molar-refractivity contribution in [2.45, 2.75) is 24.8 Å². The van der Waals surface area contributed by atoms with Gasteiger partial charge in [0.1, 0.15) is 4.90 Å². The molecule has 1 unspecified atom stereocenters. The maximum atomic E-state index is 11.4. The molecular formula is C13H20N2O3S. The van der Waals surface area contributed by atoms with Crippen molar-refractivity contribution in [1.29, 1.82) is 0 Å².